The number of aryl methyl sites for hydroxylation is 1. The first-order valence-corrected chi connectivity index (χ1v) is 9.53. The Balaban J connectivity index is 0.00000196. The lowest BCUT2D eigenvalue weighted by Crippen LogP contribution is -2.49. The monoisotopic (exact) mass is 443 g/mol. The molecule has 2 aromatic carbocycles. The number of piperazine rings is 1. The number of benzene rings is 2. The summed E-state index contributed by atoms with van der Waals surface area (Å²) in [6, 6.07) is 16.0. The van der Waals surface area contributed by atoms with Crippen molar-refractivity contribution in [2.75, 3.05) is 31.9 Å². The van der Waals surface area contributed by atoms with Crippen molar-refractivity contribution in [1.82, 2.24) is 9.80 Å². The van der Waals surface area contributed by atoms with Crippen LogP contribution < -0.4 is 5.73 Å². The van der Waals surface area contributed by atoms with Gasteiger partial charge in [0, 0.05) is 49.4 Å². The highest BCUT2D eigenvalue weighted by Crippen LogP contribution is 2.27. The quantitative estimate of drug-likeness (QED) is 0.685. The number of halogens is 3. The van der Waals surface area contributed by atoms with Crippen LogP contribution in [0.5, 0.6) is 0 Å². The van der Waals surface area contributed by atoms with Gasteiger partial charge in [0.2, 0.25) is 5.91 Å². The van der Waals surface area contributed by atoms with E-state index >= 15 is 0 Å². The Hall–Kier alpha value is -1.46. The molecule has 0 bridgehead atoms. The molecule has 154 valence electrons. The third-order valence-corrected chi connectivity index (χ3v) is 5.58. The highest BCUT2D eigenvalue weighted by Gasteiger charge is 2.25. The van der Waals surface area contributed by atoms with Crippen LogP contribution >= 0.6 is 36.4 Å². The van der Waals surface area contributed by atoms with E-state index in [1.54, 1.807) is 0 Å². The van der Waals surface area contributed by atoms with Crippen LogP contribution in [-0.2, 0) is 11.2 Å². The van der Waals surface area contributed by atoms with Crippen LogP contribution in [-0.4, -0.2) is 41.9 Å². The van der Waals surface area contributed by atoms with Crippen molar-refractivity contribution in [3.05, 3.63) is 64.7 Å². The van der Waals surface area contributed by atoms with Crippen LogP contribution in [0.15, 0.2) is 48.5 Å². The average molecular weight is 445 g/mol. The summed E-state index contributed by atoms with van der Waals surface area (Å²) in [4.78, 5) is 16.9. The first-order chi connectivity index (χ1) is 12.6. The molecule has 1 fully saturated rings. The minimum Gasteiger partial charge on any atom is -0.399 e. The molecule has 0 radical (unpaired) electrons. The molecule has 1 amide bonds. The number of para-hydroxylation sites is 1. The van der Waals surface area contributed by atoms with E-state index in [0.717, 1.165) is 48.0 Å². The predicted octanol–water partition coefficient (Wildman–Crippen LogP) is 4.60. The van der Waals surface area contributed by atoms with Gasteiger partial charge in [-0.3, -0.25) is 9.69 Å². The number of hydrogen-bond acceptors (Lipinski definition) is 3. The third-order valence-electron chi connectivity index (χ3n) is 5.23. The van der Waals surface area contributed by atoms with Gasteiger partial charge in [0.15, 0.2) is 0 Å². The fraction of sp³-hybridized carbons (Fsp3) is 0.381. The molecule has 3 rings (SSSR count). The molecule has 0 saturated carbocycles. The Morgan fingerprint density at radius 3 is 2.29 bits per heavy atom. The van der Waals surface area contributed by atoms with E-state index in [2.05, 4.69) is 17.9 Å². The smallest absolute Gasteiger partial charge is 0.222 e. The molecule has 28 heavy (non-hydrogen) atoms. The van der Waals surface area contributed by atoms with Crippen LogP contribution in [0.3, 0.4) is 0 Å². The van der Waals surface area contributed by atoms with Gasteiger partial charge in [-0.05, 0) is 36.6 Å². The van der Waals surface area contributed by atoms with E-state index in [4.69, 9.17) is 17.3 Å². The van der Waals surface area contributed by atoms with Crippen molar-refractivity contribution in [2.24, 2.45) is 0 Å². The van der Waals surface area contributed by atoms with Crippen molar-refractivity contribution in [3.8, 4) is 0 Å². The molecule has 0 spiro atoms. The zero-order valence-electron chi connectivity index (χ0n) is 16.0. The van der Waals surface area contributed by atoms with Gasteiger partial charge in [-0.2, -0.15) is 0 Å². The lowest BCUT2D eigenvalue weighted by Gasteiger charge is -2.38. The Kier molecular flexibility index (Phi) is 10.1. The normalized spacial score (nSPS) is 15.3. The first-order valence-electron chi connectivity index (χ1n) is 9.16. The number of nitrogens with zero attached hydrogens (tertiary/aromatic N) is 2. The second-order valence-corrected chi connectivity index (χ2v) is 7.22. The predicted molar refractivity (Wildman–Crippen MR) is 122 cm³/mol. The number of amides is 1. The van der Waals surface area contributed by atoms with E-state index in [1.807, 2.05) is 47.4 Å². The number of hydrogen-bond donors (Lipinski definition) is 1. The Morgan fingerprint density at radius 2 is 1.64 bits per heavy atom. The summed E-state index contributed by atoms with van der Waals surface area (Å²) in [5.41, 5.74) is 8.92. The summed E-state index contributed by atoms with van der Waals surface area (Å²) in [5.74, 6) is 0.207. The summed E-state index contributed by atoms with van der Waals surface area (Å²) in [7, 11) is 0. The topological polar surface area (TPSA) is 49.6 Å². The summed E-state index contributed by atoms with van der Waals surface area (Å²) < 4.78 is 0. The van der Waals surface area contributed by atoms with Gasteiger partial charge in [-0.25, -0.2) is 0 Å². The van der Waals surface area contributed by atoms with E-state index in [1.165, 1.54) is 0 Å². The van der Waals surface area contributed by atoms with Crippen LogP contribution in [0.2, 0.25) is 5.02 Å². The van der Waals surface area contributed by atoms with Gasteiger partial charge in [0.25, 0.3) is 0 Å². The van der Waals surface area contributed by atoms with Crippen LogP contribution in [0, 0.1) is 0 Å². The Bertz CT molecular complexity index is 764. The van der Waals surface area contributed by atoms with Gasteiger partial charge in [-0.1, -0.05) is 48.0 Å². The molecule has 2 N–H and O–H groups in total. The van der Waals surface area contributed by atoms with E-state index in [9.17, 15) is 4.79 Å². The Labute approximate surface area is 184 Å². The van der Waals surface area contributed by atoms with Gasteiger partial charge in [-0.15, -0.1) is 24.8 Å². The van der Waals surface area contributed by atoms with Crippen molar-refractivity contribution in [3.63, 3.8) is 0 Å². The molecule has 7 heteroatoms. The number of nitrogens with two attached hydrogens (primary N) is 1. The zero-order chi connectivity index (χ0) is 18.5. The van der Waals surface area contributed by atoms with Crippen LogP contribution in [0.25, 0.3) is 0 Å². The third kappa shape index (κ3) is 6.02. The highest BCUT2D eigenvalue weighted by molar-refractivity contribution is 6.31. The Morgan fingerprint density at radius 1 is 1.04 bits per heavy atom. The minimum absolute atomic E-state index is 0. The summed E-state index contributed by atoms with van der Waals surface area (Å²) >= 11 is 6.33. The molecular formula is C21H28Cl3N3O. The lowest BCUT2D eigenvalue weighted by molar-refractivity contribution is -0.133. The van der Waals surface area contributed by atoms with E-state index in [-0.39, 0.29) is 36.8 Å². The molecule has 1 aliphatic heterocycles. The van der Waals surface area contributed by atoms with Gasteiger partial charge >= 0.3 is 0 Å². The number of rotatable bonds is 5. The minimum atomic E-state index is 0. The van der Waals surface area contributed by atoms with Gasteiger partial charge in [0.1, 0.15) is 0 Å². The molecule has 0 aromatic heterocycles. The van der Waals surface area contributed by atoms with Crippen molar-refractivity contribution < 1.29 is 4.79 Å². The second kappa shape index (κ2) is 11.5. The second-order valence-electron chi connectivity index (χ2n) is 6.81. The SMILES string of the molecule is CC(c1ccccc1Cl)N1CCN(C(=O)CCc2ccccc2N)CC1.Cl.Cl. The molecule has 1 atom stereocenters. The lowest BCUT2D eigenvalue weighted by atomic mass is 10.1. The molecule has 2 aromatic rings. The maximum Gasteiger partial charge on any atom is 0.222 e. The molecule has 1 saturated heterocycles. The molecule has 1 unspecified atom stereocenters. The standard InChI is InChI=1S/C21H26ClN3O.2ClH/c1-16(18-7-3-4-8-19(18)22)24-12-14-25(15-13-24)21(26)11-10-17-6-2-5-9-20(17)23;;/h2-9,16H,10-15,23H2,1H3;2*1H. The number of carbonyl (C=O) groups excluding carboxylic acids is 1. The van der Waals surface area contributed by atoms with Gasteiger partial charge < -0.3 is 10.6 Å². The van der Waals surface area contributed by atoms with Crippen LogP contribution in [0.1, 0.15) is 30.5 Å². The van der Waals surface area contributed by atoms with Crippen LogP contribution in [0.4, 0.5) is 5.69 Å². The molecule has 1 heterocycles. The first kappa shape index (κ1) is 24.6. The van der Waals surface area contributed by atoms with Gasteiger partial charge in [0.05, 0.1) is 0 Å². The van der Waals surface area contributed by atoms with Crippen molar-refractivity contribution in [1.29, 1.82) is 0 Å². The zero-order valence-corrected chi connectivity index (χ0v) is 18.4. The van der Waals surface area contributed by atoms with E-state index in [0.29, 0.717) is 12.8 Å². The molecule has 1 aliphatic rings. The summed E-state index contributed by atoms with van der Waals surface area (Å²) in [5, 5.41) is 0.805. The number of carbonyl (C=O) groups is 1. The highest BCUT2D eigenvalue weighted by atomic mass is 35.5. The molecule has 0 aliphatic carbocycles. The van der Waals surface area contributed by atoms with Crippen molar-refractivity contribution in [2.45, 2.75) is 25.8 Å². The number of anilines is 1. The molecule has 4 nitrogen and oxygen atoms in total. The fourth-order valence-electron chi connectivity index (χ4n) is 3.53. The van der Waals surface area contributed by atoms with Crippen molar-refractivity contribution >= 4 is 48.0 Å². The average Bonchev–Trinajstić information content (AvgIpc) is 2.67. The largest absolute Gasteiger partial charge is 0.399 e. The van der Waals surface area contributed by atoms with E-state index < -0.39 is 0 Å². The molecular weight excluding hydrogens is 417 g/mol. The summed E-state index contributed by atoms with van der Waals surface area (Å²) in [6.07, 6.45) is 1.20. The maximum atomic E-state index is 12.5. The fourth-order valence-corrected chi connectivity index (χ4v) is 3.82. The summed E-state index contributed by atoms with van der Waals surface area (Å²) in [6.45, 7) is 5.43. The maximum absolute atomic E-state index is 12.5. The number of nitrogen functional groups attached to an aromatic ring is 1.